The molecule has 0 aliphatic carbocycles. The highest BCUT2D eigenvalue weighted by atomic mass is 32.1. The van der Waals surface area contributed by atoms with Gasteiger partial charge >= 0.3 is 5.97 Å². The summed E-state index contributed by atoms with van der Waals surface area (Å²) in [5.41, 5.74) is 0.494. The maximum Gasteiger partial charge on any atom is 0.329 e. The van der Waals surface area contributed by atoms with Crippen LogP contribution in [0.2, 0.25) is 0 Å². The predicted octanol–water partition coefficient (Wildman–Crippen LogP) is 2.80. The fourth-order valence-electron chi connectivity index (χ4n) is 2.64. The van der Waals surface area contributed by atoms with Crippen molar-refractivity contribution in [3.05, 3.63) is 40.6 Å². The second kappa shape index (κ2) is 8.95. The van der Waals surface area contributed by atoms with Crippen LogP contribution in [0.15, 0.2) is 35.7 Å². The number of amides is 2. The molecule has 0 saturated heterocycles. The van der Waals surface area contributed by atoms with Crippen molar-refractivity contribution in [2.45, 2.75) is 32.9 Å². The molecule has 1 aliphatic heterocycles. The molecule has 0 spiro atoms. The molecule has 29 heavy (non-hydrogen) atoms. The van der Waals surface area contributed by atoms with Crippen LogP contribution < -0.4 is 20.1 Å². The van der Waals surface area contributed by atoms with Crippen molar-refractivity contribution >= 4 is 34.8 Å². The lowest BCUT2D eigenvalue weighted by Crippen LogP contribution is -2.47. The van der Waals surface area contributed by atoms with Crippen molar-refractivity contribution in [2.24, 2.45) is 5.92 Å². The smallest absolute Gasteiger partial charge is 0.329 e. The zero-order valence-corrected chi connectivity index (χ0v) is 17.1. The van der Waals surface area contributed by atoms with E-state index in [1.165, 1.54) is 18.3 Å². The Kier molecular flexibility index (Phi) is 6.38. The van der Waals surface area contributed by atoms with E-state index in [9.17, 15) is 14.4 Å². The molecular formula is C20H22N2O6S. The van der Waals surface area contributed by atoms with Crippen LogP contribution in [-0.2, 0) is 14.3 Å². The normalized spacial score (nSPS) is 14.2. The third-order valence-electron chi connectivity index (χ3n) is 4.25. The molecule has 0 saturated carbocycles. The molecule has 3 rings (SSSR count). The van der Waals surface area contributed by atoms with Crippen LogP contribution in [0.3, 0.4) is 0 Å². The van der Waals surface area contributed by atoms with Gasteiger partial charge in [-0.05, 0) is 36.4 Å². The lowest BCUT2D eigenvalue weighted by molar-refractivity contribution is -0.156. The van der Waals surface area contributed by atoms with Gasteiger partial charge in [-0.1, -0.05) is 19.9 Å². The summed E-state index contributed by atoms with van der Waals surface area (Å²) in [6.07, 6.45) is -1.05. The Hall–Kier alpha value is -3.07. The van der Waals surface area contributed by atoms with Crippen LogP contribution in [0.25, 0.3) is 0 Å². The molecule has 2 N–H and O–H groups in total. The number of hydrogen-bond donors (Lipinski definition) is 2. The highest BCUT2D eigenvalue weighted by Crippen LogP contribution is 2.34. The number of benzene rings is 1. The molecule has 154 valence electrons. The highest BCUT2D eigenvalue weighted by molar-refractivity contribution is 7.12. The van der Waals surface area contributed by atoms with Crippen molar-refractivity contribution < 1.29 is 28.6 Å². The second-order valence-electron chi connectivity index (χ2n) is 6.81. The Morgan fingerprint density at radius 3 is 2.55 bits per heavy atom. The quantitative estimate of drug-likeness (QED) is 0.671. The summed E-state index contributed by atoms with van der Waals surface area (Å²) < 4.78 is 15.8. The van der Waals surface area contributed by atoms with Gasteiger partial charge in [-0.2, -0.15) is 0 Å². The summed E-state index contributed by atoms with van der Waals surface area (Å²) >= 11 is 1.28. The zero-order chi connectivity index (χ0) is 21.0. The molecule has 2 heterocycles. The third kappa shape index (κ3) is 5.05. The average molecular weight is 418 g/mol. The molecule has 2 aromatic rings. The first kappa shape index (κ1) is 20.7. The number of carbonyl (C=O) groups excluding carboxylic acids is 3. The summed E-state index contributed by atoms with van der Waals surface area (Å²) in [6, 6.07) is 7.54. The zero-order valence-electron chi connectivity index (χ0n) is 16.3. The van der Waals surface area contributed by atoms with Gasteiger partial charge in [-0.3, -0.25) is 9.59 Å². The molecule has 1 aliphatic rings. The van der Waals surface area contributed by atoms with Crippen molar-refractivity contribution in [3.8, 4) is 11.5 Å². The van der Waals surface area contributed by atoms with Crippen LogP contribution >= 0.6 is 11.3 Å². The fourth-order valence-corrected chi connectivity index (χ4v) is 3.26. The minimum absolute atomic E-state index is 0.133. The molecular weight excluding hydrogens is 396 g/mol. The molecule has 0 radical (unpaired) electrons. The number of hydrogen-bond acceptors (Lipinski definition) is 7. The van der Waals surface area contributed by atoms with E-state index in [2.05, 4.69) is 10.6 Å². The molecule has 9 heteroatoms. The van der Waals surface area contributed by atoms with Crippen LogP contribution in [0, 0.1) is 5.92 Å². The van der Waals surface area contributed by atoms with Crippen molar-refractivity contribution in [1.29, 1.82) is 0 Å². The SMILES string of the molecule is CC(C)[C@@H](NC(=O)c1cccs1)C(=O)O[C@@H](C)C(=O)Nc1ccc2c(c1)OCO2. The first-order chi connectivity index (χ1) is 13.8. The molecule has 1 aromatic heterocycles. The number of esters is 1. The van der Waals surface area contributed by atoms with Crippen molar-refractivity contribution in [2.75, 3.05) is 12.1 Å². The minimum atomic E-state index is -1.05. The first-order valence-corrected chi connectivity index (χ1v) is 9.98. The summed E-state index contributed by atoms with van der Waals surface area (Å²) in [7, 11) is 0. The summed E-state index contributed by atoms with van der Waals surface area (Å²) in [4.78, 5) is 37.7. The number of fused-ring (bicyclic) bond motifs is 1. The van der Waals surface area contributed by atoms with E-state index >= 15 is 0 Å². The molecule has 0 fully saturated rings. The summed E-state index contributed by atoms with van der Waals surface area (Å²) in [5, 5.41) is 7.12. The van der Waals surface area contributed by atoms with Gasteiger partial charge in [0.1, 0.15) is 6.04 Å². The number of nitrogens with one attached hydrogen (secondary N) is 2. The van der Waals surface area contributed by atoms with Gasteiger partial charge in [-0.15, -0.1) is 11.3 Å². The van der Waals surface area contributed by atoms with E-state index in [1.807, 2.05) is 0 Å². The standard InChI is InChI=1S/C20H22N2O6S/c1-11(2)17(22-19(24)16-5-4-8-29-16)20(25)28-12(3)18(23)21-13-6-7-14-15(9-13)27-10-26-14/h4-9,11-12,17H,10H2,1-3H3,(H,21,23)(H,22,24)/t12-,17+/m0/s1. The Balaban J connectivity index is 1.58. The Labute approximate surface area is 172 Å². The topological polar surface area (TPSA) is 103 Å². The maximum atomic E-state index is 12.6. The lowest BCUT2D eigenvalue weighted by Gasteiger charge is -2.22. The van der Waals surface area contributed by atoms with Crippen LogP contribution in [0.4, 0.5) is 5.69 Å². The molecule has 2 amide bonds. The van der Waals surface area contributed by atoms with E-state index in [4.69, 9.17) is 14.2 Å². The van der Waals surface area contributed by atoms with E-state index in [1.54, 1.807) is 49.6 Å². The summed E-state index contributed by atoms with van der Waals surface area (Å²) in [6.45, 7) is 5.18. The van der Waals surface area contributed by atoms with Gasteiger partial charge in [0, 0.05) is 11.8 Å². The van der Waals surface area contributed by atoms with E-state index in [-0.39, 0.29) is 18.6 Å². The van der Waals surface area contributed by atoms with E-state index < -0.39 is 24.0 Å². The third-order valence-corrected chi connectivity index (χ3v) is 5.12. The molecule has 2 atom stereocenters. The van der Waals surface area contributed by atoms with Crippen molar-refractivity contribution in [3.63, 3.8) is 0 Å². The van der Waals surface area contributed by atoms with E-state index in [0.29, 0.717) is 22.1 Å². The number of carbonyl (C=O) groups is 3. The Morgan fingerprint density at radius 2 is 1.86 bits per heavy atom. The molecule has 1 aromatic carbocycles. The number of thiophene rings is 1. The number of rotatable bonds is 7. The summed E-state index contributed by atoms with van der Waals surface area (Å²) in [5.74, 6) is -0.599. The maximum absolute atomic E-state index is 12.6. The Bertz CT molecular complexity index is 896. The molecule has 8 nitrogen and oxygen atoms in total. The van der Waals surface area contributed by atoms with Crippen molar-refractivity contribution in [1.82, 2.24) is 5.32 Å². The van der Waals surface area contributed by atoms with Crippen LogP contribution in [-0.4, -0.2) is 36.7 Å². The monoisotopic (exact) mass is 418 g/mol. The number of anilines is 1. The average Bonchev–Trinajstić information content (AvgIpc) is 3.36. The second-order valence-corrected chi connectivity index (χ2v) is 7.76. The lowest BCUT2D eigenvalue weighted by atomic mass is 10.0. The largest absolute Gasteiger partial charge is 0.454 e. The fraction of sp³-hybridized carbons (Fsp3) is 0.350. The van der Waals surface area contributed by atoms with Gasteiger partial charge in [-0.25, -0.2) is 4.79 Å². The minimum Gasteiger partial charge on any atom is -0.454 e. The van der Waals surface area contributed by atoms with E-state index in [0.717, 1.165) is 0 Å². The first-order valence-electron chi connectivity index (χ1n) is 9.10. The number of ether oxygens (including phenoxy) is 3. The van der Waals surface area contributed by atoms with Crippen LogP contribution in [0.5, 0.6) is 11.5 Å². The van der Waals surface area contributed by atoms with Gasteiger partial charge in [0.25, 0.3) is 11.8 Å². The molecule has 0 bridgehead atoms. The predicted molar refractivity (Wildman–Crippen MR) is 107 cm³/mol. The van der Waals surface area contributed by atoms with Gasteiger partial charge in [0.05, 0.1) is 4.88 Å². The van der Waals surface area contributed by atoms with Gasteiger partial charge in [0.2, 0.25) is 6.79 Å². The van der Waals surface area contributed by atoms with Crippen LogP contribution in [0.1, 0.15) is 30.4 Å². The molecule has 0 unspecified atom stereocenters. The highest BCUT2D eigenvalue weighted by Gasteiger charge is 2.29. The Morgan fingerprint density at radius 1 is 1.10 bits per heavy atom. The van der Waals surface area contributed by atoms with Gasteiger partial charge in [0.15, 0.2) is 17.6 Å². The van der Waals surface area contributed by atoms with Gasteiger partial charge < -0.3 is 24.8 Å².